The molecule has 1 aromatic carbocycles. The largest absolute Gasteiger partial charge is 0.358 e. The van der Waals surface area contributed by atoms with Gasteiger partial charge in [-0.1, -0.05) is 5.92 Å². The molecule has 4 heteroatoms. The molecule has 0 saturated heterocycles. The number of benzene rings is 1. The maximum atomic E-state index is 12.5. The van der Waals surface area contributed by atoms with Gasteiger partial charge in [-0.15, -0.1) is 0 Å². The summed E-state index contributed by atoms with van der Waals surface area (Å²) in [6.07, 6.45) is -1.80. The lowest BCUT2D eigenvalue weighted by molar-refractivity contribution is 0.0108. The van der Waals surface area contributed by atoms with Gasteiger partial charge in [0.1, 0.15) is 11.6 Å². The zero-order valence-corrected chi connectivity index (χ0v) is 6.46. The van der Waals surface area contributed by atoms with Crippen LogP contribution in [0.5, 0.6) is 0 Å². The van der Waals surface area contributed by atoms with E-state index in [-0.39, 0.29) is 5.56 Å². The Hall–Kier alpha value is -1.44. The van der Waals surface area contributed by atoms with Crippen LogP contribution >= 0.6 is 0 Å². The Morgan fingerprint density at radius 3 is 2.08 bits per heavy atom. The van der Waals surface area contributed by atoms with Crippen molar-refractivity contribution in [3.63, 3.8) is 0 Å². The first-order valence-corrected chi connectivity index (χ1v) is 3.42. The standard InChI is InChI=1S/C9H6F2O2/c10-7-3-6(1-2-9(12)13)4-8(11)5-7/h3-5,9,12-13H. The van der Waals surface area contributed by atoms with Crippen LogP contribution in [0.3, 0.4) is 0 Å². The molecular weight excluding hydrogens is 178 g/mol. The van der Waals surface area contributed by atoms with Gasteiger partial charge in [0.25, 0.3) is 0 Å². The van der Waals surface area contributed by atoms with Crippen LogP contribution in [-0.2, 0) is 0 Å². The first-order valence-electron chi connectivity index (χ1n) is 3.42. The molecule has 0 aliphatic heterocycles. The lowest BCUT2D eigenvalue weighted by Gasteiger charge is -1.93. The Morgan fingerprint density at radius 2 is 1.62 bits per heavy atom. The first-order chi connectivity index (χ1) is 6.08. The van der Waals surface area contributed by atoms with Gasteiger partial charge in [-0.25, -0.2) is 8.78 Å². The molecule has 0 aromatic heterocycles. The maximum absolute atomic E-state index is 12.5. The molecule has 0 amide bonds. The minimum Gasteiger partial charge on any atom is -0.358 e. The predicted octanol–water partition coefficient (Wildman–Crippen LogP) is 0.627. The van der Waals surface area contributed by atoms with Gasteiger partial charge in [-0.3, -0.25) is 0 Å². The second kappa shape index (κ2) is 3.99. The molecule has 0 bridgehead atoms. The first kappa shape index (κ1) is 9.65. The summed E-state index contributed by atoms with van der Waals surface area (Å²) in [6.45, 7) is 0. The van der Waals surface area contributed by atoms with E-state index in [1.807, 2.05) is 5.92 Å². The number of aliphatic hydroxyl groups excluding tert-OH is 1. The summed E-state index contributed by atoms with van der Waals surface area (Å²) < 4.78 is 25.0. The maximum Gasteiger partial charge on any atom is 0.217 e. The highest BCUT2D eigenvalue weighted by atomic mass is 19.1. The van der Waals surface area contributed by atoms with Crippen LogP contribution < -0.4 is 0 Å². The minimum atomic E-state index is -1.80. The van der Waals surface area contributed by atoms with Crippen LogP contribution in [0.1, 0.15) is 5.56 Å². The highest BCUT2D eigenvalue weighted by Crippen LogP contribution is 2.06. The fourth-order valence-electron chi connectivity index (χ4n) is 0.774. The summed E-state index contributed by atoms with van der Waals surface area (Å²) in [7, 11) is 0. The third kappa shape index (κ3) is 3.20. The molecule has 0 aliphatic carbocycles. The van der Waals surface area contributed by atoms with E-state index in [4.69, 9.17) is 10.2 Å². The Kier molecular flexibility index (Phi) is 2.96. The van der Waals surface area contributed by atoms with Gasteiger partial charge in [-0.05, 0) is 18.1 Å². The van der Waals surface area contributed by atoms with E-state index >= 15 is 0 Å². The lowest BCUT2D eigenvalue weighted by Crippen LogP contribution is -1.98. The van der Waals surface area contributed by atoms with Crippen molar-refractivity contribution >= 4 is 0 Å². The number of rotatable bonds is 0. The highest BCUT2D eigenvalue weighted by Gasteiger charge is 1.97. The van der Waals surface area contributed by atoms with Crippen LogP contribution in [0.4, 0.5) is 8.78 Å². The molecule has 1 rings (SSSR count). The van der Waals surface area contributed by atoms with Gasteiger partial charge in [0.05, 0.1) is 0 Å². The van der Waals surface area contributed by atoms with Crippen molar-refractivity contribution in [1.82, 2.24) is 0 Å². The fourth-order valence-corrected chi connectivity index (χ4v) is 0.774. The lowest BCUT2D eigenvalue weighted by atomic mass is 10.2. The van der Waals surface area contributed by atoms with Crippen LogP contribution in [0.2, 0.25) is 0 Å². The summed E-state index contributed by atoms with van der Waals surface area (Å²) in [5.41, 5.74) is 0.0607. The van der Waals surface area contributed by atoms with Crippen molar-refractivity contribution in [3.05, 3.63) is 35.4 Å². The van der Waals surface area contributed by atoms with Gasteiger partial charge in [0.2, 0.25) is 6.29 Å². The van der Waals surface area contributed by atoms with Crippen molar-refractivity contribution in [2.45, 2.75) is 6.29 Å². The average Bonchev–Trinajstić information content (AvgIpc) is 1.99. The number of aliphatic hydroxyl groups is 2. The molecule has 1 aromatic rings. The van der Waals surface area contributed by atoms with Crippen LogP contribution in [0.15, 0.2) is 18.2 Å². The van der Waals surface area contributed by atoms with Crippen molar-refractivity contribution in [1.29, 1.82) is 0 Å². The molecule has 68 valence electrons. The molecule has 2 nitrogen and oxygen atoms in total. The molecule has 0 aliphatic rings. The van der Waals surface area contributed by atoms with E-state index < -0.39 is 17.9 Å². The van der Waals surface area contributed by atoms with Crippen molar-refractivity contribution < 1.29 is 19.0 Å². The third-order valence-electron chi connectivity index (χ3n) is 1.21. The minimum absolute atomic E-state index is 0.0607. The molecule has 0 fully saturated rings. The average molecular weight is 184 g/mol. The zero-order chi connectivity index (χ0) is 9.84. The van der Waals surface area contributed by atoms with Crippen molar-refractivity contribution in [2.24, 2.45) is 0 Å². The quantitative estimate of drug-likeness (QED) is 0.458. The molecule has 0 spiro atoms. The normalized spacial score (nSPS) is 9.62. The van der Waals surface area contributed by atoms with Crippen molar-refractivity contribution in [3.8, 4) is 11.8 Å². The van der Waals surface area contributed by atoms with E-state index in [0.717, 1.165) is 12.1 Å². The molecule has 0 saturated carbocycles. The van der Waals surface area contributed by atoms with E-state index in [1.54, 1.807) is 0 Å². The summed E-state index contributed by atoms with van der Waals surface area (Å²) in [5, 5.41) is 16.7. The van der Waals surface area contributed by atoms with Crippen LogP contribution in [-0.4, -0.2) is 16.5 Å². The third-order valence-corrected chi connectivity index (χ3v) is 1.21. The van der Waals surface area contributed by atoms with Crippen LogP contribution in [0.25, 0.3) is 0 Å². The van der Waals surface area contributed by atoms with Gasteiger partial charge in [-0.2, -0.15) is 0 Å². The van der Waals surface area contributed by atoms with Gasteiger partial charge < -0.3 is 10.2 Å². The summed E-state index contributed by atoms with van der Waals surface area (Å²) in [6, 6.07) is 2.71. The topological polar surface area (TPSA) is 40.5 Å². The number of hydrogen-bond acceptors (Lipinski definition) is 2. The van der Waals surface area contributed by atoms with E-state index in [0.29, 0.717) is 6.07 Å². The summed E-state index contributed by atoms with van der Waals surface area (Å²) in [5.74, 6) is 2.63. The predicted molar refractivity (Wildman–Crippen MR) is 41.5 cm³/mol. The van der Waals surface area contributed by atoms with Gasteiger partial charge in [0.15, 0.2) is 0 Å². The molecule has 13 heavy (non-hydrogen) atoms. The highest BCUT2D eigenvalue weighted by molar-refractivity contribution is 5.35. The summed E-state index contributed by atoms with van der Waals surface area (Å²) in [4.78, 5) is 0. The second-order valence-corrected chi connectivity index (χ2v) is 2.30. The Morgan fingerprint density at radius 1 is 1.08 bits per heavy atom. The number of halogens is 2. The van der Waals surface area contributed by atoms with Gasteiger partial charge >= 0.3 is 0 Å². The Bertz CT molecular complexity index is 343. The second-order valence-electron chi connectivity index (χ2n) is 2.30. The molecule has 0 unspecified atom stereocenters. The smallest absolute Gasteiger partial charge is 0.217 e. The van der Waals surface area contributed by atoms with E-state index in [1.165, 1.54) is 0 Å². The number of hydrogen-bond donors (Lipinski definition) is 2. The molecule has 0 atom stereocenters. The monoisotopic (exact) mass is 184 g/mol. The molecule has 0 heterocycles. The van der Waals surface area contributed by atoms with Crippen molar-refractivity contribution in [2.75, 3.05) is 0 Å². The van der Waals surface area contributed by atoms with Crippen LogP contribution in [0, 0.1) is 23.5 Å². The Balaban J connectivity index is 2.98. The Labute approximate surface area is 73.4 Å². The van der Waals surface area contributed by atoms with Gasteiger partial charge in [0, 0.05) is 11.6 Å². The summed E-state index contributed by atoms with van der Waals surface area (Å²) >= 11 is 0. The zero-order valence-electron chi connectivity index (χ0n) is 6.46. The van der Waals surface area contributed by atoms with E-state index in [9.17, 15) is 8.78 Å². The molecule has 0 radical (unpaired) electrons. The SMILES string of the molecule is OC(O)C#Cc1cc(F)cc(F)c1. The molecule has 2 N–H and O–H groups in total. The van der Waals surface area contributed by atoms with E-state index in [2.05, 4.69) is 5.92 Å². The fraction of sp³-hybridized carbons (Fsp3) is 0.111. The molecular formula is C9H6F2O2.